The lowest BCUT2D eigenvalue weighted by Gasteiger charge is -2.27. The summed E-state index contributed by atoms with van der Waals surface area (Å²) in [5, 5.41) is 13.4. The number of carbonyl (C=O) groups is 2. The van der Waals surface area contributed by atoms with Crippen LogP contribution in [0.5, 0.6) is 0 Å². The Kier molecular flexibility index (Phi) is 7.23. The molecule has 0 aliphatic rings. The molecule has 5 heteroatoms. The zero-order valence-corrected chi connectivity index (χ0v) is 14.6. The third kappa shape index (κ3) is 5.67. The largest absolute Gasteiger partial charge is 0.389 e. The molecule has 0 saturated heterocycles. The first-order valence-corrected chi connectivity index (χ1v) is 8.18. The Morgan fingerprint density at radius 2 is 1.74 bits per heavy atom. The van der Waals surface area contributed by atoms with Crippen LogP contribution in [0.1, 0.15) is 52.9 Å². The number of amides is 2. The van der Waals surface area contributed by atoms with Gasteiger partial charge in [-0.3, -0.25) is 9.59 Å². The number of benzene rings is 1. The molecule has 2 amide bonds. The first-order valence-electron chi connectivity index (χ1n) is 8.18. The zero-order valence-electron chi connectivity index (χ0n) is 14.6. The van der Waals surface area contributed by atoms with E-state index in [9.17, 15) is 14.7 Å². The monoisotopic (exact) mass is 320 g/mol. The van der Waals surface area contributed by atoms with Gasteiger partial charge < -0.3 is 15.3 Å². The quantitative estimate of drug-likeness (QED) is 0.772. The van der Waals surface area contributed by atoms with E-state index in [2.05, 4.69) is 5.32 Å². The molecule has 0 aromatic heterocycles. The molecule has 1 aromatic carbocycles. The smallest absolute Gasteiger partial charge is 0.227 e. The number of hydrogen-bond donors (Lipinski definition) is 2. The molecule has 0 radical (unpaired) electrons. The van der Waals surface area contributed by atoms with Gasteiger partial charge in [0.05, 0.1) is 23.4 Å². The normalized spacial score (nSPS) is 11.2. The first kappa shape index (κ1) is 19.2. The average molecular weight is 320 g/mol. The third-order valence-electron chi connectivity index (χ3n) is 3.93. The summed E-state index contributed by atoms with van der Waals surface area (Å²) < 4.78 is 0. The molecule has 128 valence electrons. The predicted molar refractivity (Wildman–Crippen MR) is 93.5 cm³/mol. The van der Waals surface area contributed by atoms with Crippen molar-refractivity contribution in [2.75, 3.05) is 17.3 Å². The van der Waals surface area contributed by atoms with E-state index in [1.54, 1.807) is 25.2 Å². The predicted octanol–water partition coefficient (Wildman–Crippen LogP) is 3.33. The molecule has 0 aliphatic carbocycles. The Hall–Kier alpha value is -1.88. The van der Waals surface area contributed by atoms with Crippen molar-refractivity contribution in [3.63, 3.8) is 0 Å². The van der Waals surface area contributed by atoms with Crippen LogP contribution in [0.25, 0.3) is 0 Å². The molecule has 0 saturated carbocycles. The van der Waals surface area contributed by atoms with Crippen LogP contribution < -0.4 is 10.2 Å². The Labute approximate surface area is 138 Å². The number of nitrogens with zero attached hydrogens (tertiary/aromatic N) is 1. The second-order valence-corrected chi connectivity index (χ2v) is 6.04. The van der Waals surface area contributed by atoms with E-state index in [-0.39, 0.29) is 18.2 Å². The minimum absolute atomic E-state index is 0.0623. The average Bonchev–Trinajstić information content (AvgIpc) is 2.47. The second kappa shape index (κ2) is 8.67. The van der Waals surface area contributed by atoms with Crippen LogP contribution in [0.4, 0.5) is 11.4 Å². The summed E-state index contributed by atoms with van der Waals surface area (Å²) in [6, 6.07) is 7.15. The lowest BCUT2D eigenvalue weighted by atomic mass is 9.89. The van der Waals surface area contributed by atoms with E-state index in [4.69, 9.17) is 0 Å². The van der Waals surface area contributed by atoms with Crippen molar-refractivity contribution in [3.05, 3.63) is 24.3 Å². The highest BCUT2D eigenvalue weighted by Gasteiger charge is 2.28. The van der Waals surface area contributed by atoms with Gasteiger partial charge in [0.2, 0.25) is 11.8 Å². The van der Waals surface area contributed by atoms with Gasteiger partial charge in [-0.1, -0.05) is 38.8 Å². The Morgan fingerprint density at radius 1 is 1.17 bits per heavy atom. The summed E-state index contributed by atoms with van der Waals surface area (Å²) in [5.74, 6) is -0.348. The maximum Gasteiger partial charge on any atom is 0.227 e. The van der Waals surface area contributed by atoms with Crippen LogP contribution >= 0.6 is 0 Å². The highest BCUT2D eigenvalue weighted by molar-refractivity contribution is 6.00. The number of anilines is 2. The minimum atomic E-state index is -0.963. The lowest BCUT2D eigenvalue weighted by molar-refractivity contribution is -0.121. The highest BCUT2D eigenvalue weighted by atomic mass is 16.3. The molecule has 2 N–H and O–H groups in total. The van der Waals surface area contributed by atoms with Crippen LogP contribution in [0, 0.1) is 0 Å². The van der Waals surface area contributed by atoms with E-state index in [0.29, 0.717) is 24.2 Å². The maximum atomic E-state index is 12.3. The van der Waals surface area contributed by atoms with Gasteiger partial charge in [0.1, 0.15) is 0 Å². The zero-order chi connectivity index (χ0) is 17.5. The topological polar surface area (TPSA) is 69.6 Å². The molecule has 0 unspecified atom stereocenters. The van der Waals surface area contributed by atoms with Crippen LogP contribution in [-0.4, -0.2) is 29.6 Å². The van der Waals surface area contributed by atoms with Crippen molar-refractivity contribution >= 4 is 23.2 Å². The number of nitrogens with one attached hydrogen (secondary N) is 1. The molecular weight excluding hydrogens is 292 g/mol. The van der Waals surface area contributed by atoms with Crippen LogP contribution in [0.2, 0.25) is 0 Å². The third-order valence-corrected chi connectivity index (χ3v) is 3.93. The van der Waals surface area contributed by atoms with Crippen molar-refractivity contribution in [2.45, 2.75) is 58.5 Å². The molecule has 0 spiro atoms. The van der Waals surface area contributed by atoms with Gasteiger partial charge in [-0.2, -0.15) is 0 Å². The fourth-order valence-electron chi connectivity index (χ4n) is 2.77. The molecule has 1 rings (SSSR count). The highest BCUT2D eigenvalue weighted by Crippen LogP contribution is 2.27. The van der Waals surface area contributed by atoms with Gasteiger partial charge >= 0.3 is 0 Å². The number of para-hydroxylation sites is 2. The molecule has 0 heterocycles. The molecular formula is C18H28N2O3. The molecule has 1 aromatic rings. The Balaban J connectivity index is 2.87. The lowest BCUT2D eigenvalue weighted by Crippen LogP contribution is -2.34. The molecule has 0 bridgehead atoms. The number of carbonyl (C=O) groups excluding carboxylic acids is 2. The van der Waals surface area contributed by atoms with E-state index in [0.717, 1.165) is 12.8 Å². The van der Waals surface area contributed by atoms with Crippen LogP contribution in [0.3, 0.4) is 0 Å². The summed E-state index contributed by atoms with van der Waals surface area (Å²) in [4.78, 5) is 25.4. The van der Waals surface area contributed by atoms with E-state index < -0.39 is 5.60 Å². The van der Waals surface area contributed by atoms with E-state index >= 15 is 0 Å². The summed E-state index contributed by atoms with van der Waals surface area (Å²) in [6.45, 7) is 5.46. The molecule has 0 aliphatic heterocycles. The molecule has 0 atom stereocenters. The summed E-state index contributed by atoms with van der Waals surface area (Å²) in [7, 11) is 1.66. The maximum absolute atomic E-state index is 12.3. The van der Waals surface area contributed by atoms with Gasteiger partial charge in [-0.05, 0) is 25.0 Å². The summed E-state index contributed by atoms with van der Waals surface area (Å²) in [6.07, 6.45) is 2.92. The minimum Gasteiger partial charge on any atom is -0.389 e. The number of hydrogen-bond acceptors (Lipinski definition) is 3. The second-order valence-electron chi connectivity index (χ2n) is 6.04. The summed E-state index contributed by atoms with van der Waals surface area (Å²) >= 11 is 0. The SMILES string of the molecule is CCCC(O)(CCC)CC(=O)Nc1ccccc1N(C)C(C)=O. The van der Waals surface area contributed by atoms with Gasteiger partial charge in [0.25, 0.3) is 0 Å². The van der Waals surface area contributed by atoms with Gasteiger partial charge in [0, 0.05) is 14.0 Å². The summed E-state index contributed by atoms with van der Waals surface area (Å²) in [5.41, 5.74) is 0.253. The fourth-order valence-corrected chi connectivity index (χ4v) is 2.77. The fraction of sp³-hybridized carbons (Fsp3) is 0.556. The number of rotatable bonds is 8. The van der Waals surface area contributed by atoms with Crippen LogP contribution in [-0.2, 0) is 9.59 Å². The molecule has 0 fully saturated rings. The van der Waals surface area contributed by atoms with Gasteiger partial charge in [-0.15, -0.1) is 0 Å². The standard InChI is InChI=1S/C18H28N2O3/c1-5-11-18(23,12-6-2)13-17(22)19-15-9-7-8-10-16(15)20(4)14(3)21/h7-10,23H,5-6,11-13H2,1-4H3,(H,19,22). The molecule has 5 nitrogen and oxygen atoms in total. The van der Waals surface area contributed by atoms with Crippen molar-refractivity contribution in [3.8, 4) is 0 Å². The van der Waals surface area contributed by atoms with E-state index in [1.807, 2.05) is 19.9 Å². The molecule has 23 heavy (non-hydrogen) atoms. The van der Waals surface area contributed by atoms with Crippen LogP contribution in [0.15, 0.2) is 24.3 Å². The van der Waals surface area contributed by atoms with Gasteiger partial charge in [-0.25, -0.2) is 0 Å². The first-order chi connectivity index (χ1) is 10.8. The van der Waals surface area contributed by atoms with Crippen molar-refractivity contribution in [2.24, 2.45) is 0 Å². The Morgan fingerprint density at radius 3 is 2.26 bits per heavy atom. The van der Waals surface area contributed by atoms with Crippen molar-refractivity contribution < 1.29 is 14.7 Å². The van der Waals surface area contributed by atoms with E-state index in [1.165, 1.54) is 11.8 Å². The van der Waals surface area contributed by atoms with Gasteiger partial charge in [0.15, 0.2) is 0 Å². The number of aliphatic hydroxyl groups is 1. The van der Waals surface area contributed by atoms with Crippen molar-refractivity contribution in [1.82, 2.24) is 0 Å². The Bertz CT molecular complexity index is 537. The van der Waals surface area contributed by atoms with Crippen molar-refractivity contribution in [1.29, 1.82) is 0 Å².